The van der Waals surface area contributed by atoms with Crippen molar-refractivity contribution in [3.63, 3.8) is 0 Å². The maximum Gasteiger partial charge on any atom is -0.00201 e. The summed E-state index contributed by atoms with van der Waals surface area (Å²) in [6, 6.07) is 108. The Hall–Kier alpha value is -9.88. The Kier molecular flexibility index (Phi) is 10.3. The summed E-state index contributed by atoms with van der Waals surface area (Å²) in [5.74, 6) is 0. The Labute approximate surface area is 442 Å². The van der Waals surface area contributed by atoms with E-state index >= 15 is 0 Å². The summed E-state index contributed by atoms with van der Waals surface area (Å²) in [4.78, 5) is 0. The van der Waals surface area contributed by atoms with E-state index in [1.165, 1.54) is 153 Å². The first-order valence-electron chi connectivity index (χ1n) is 26.4. The van der Waals surface area contributed by atoms with Crippen molar-refractivity contribution in [3.8, 4) is 77.9 Å². The lowest BCUT2D eigenvalue weighted by Gasteiger charge is -2.23. The van der Waals surface area contributed by atoms with Crippen LogP contribution >= 0.6 is 0 Å². The van der Waals surface area contributed by atoms with Crippen LogP contribution in [0, 0.1) is 0 Å². The number of rotatable bonds is 7. The first kappa shape index (κ1) is 43.7. The van der Waals surface area contributed by atoms with Crippen LogP contribution in [-0.4, -0.2) is 0 Å². The second-order valence-corrected chi connectivity index (χ2v) is 20.3. The van der Waals surface area contributed by atoms with Crippen molar-refractivity contribution in [3.05, 3.63) is 291 Å². The van der Waals surface area contributed by atoms with Gasteiger partial charge in [0.1, 0.15) is 0 Å². The SMILES string of the molecule is c1ccc(-c2ccc3c(-c4ccc(-c5cccc6ccccc56)cc4)c4cc5c(cc4c(-c4ccc(-c6cccc7ccccc67)cc4)c3c2)c(-c2ccccc2)c(-c2ccc3ccccc3c2)c2ccccc25)cc1. The summed E-state index contributed by atoms with van der Waals surface area (Å²) in [6.07, 6.45) is 0. The standard InChI is InChI=1S/C76H48/c1-3-17-49(18-4-1)59-43-44-67-69(46-59)74(57-40-36-54(37-41-57)64-32-16-26-52-21-10-12-28-62(52)64)72-48-70-68(47-71(72)73(67)56-38-34-53(35-39-56)63-31-15-25-51-20-9-11-27-61(51)63)65-29-13-14-30-66(65)76(75(70)55-22-5-2-6-23-55)60-42-33-50-19-7-8-24-58(50)45-60/h1-48H. The second kappa shape index (κ2) is 18.0. The zero-order chi connectivity index (χ0) is 50.1. The van der Waals surface area contributed by atoms with Crippen molar-refractivity contribution >= 4 is 75.4 Å². The van der Waals surface area contributed by atoms with Gasteiger partial charge >= 0.3 is 0 Å². The molecule has 0 bridgehead atoms. The molecule has 0 heteroatoms. The van der Waals surface area contributed by atoms with Gasteiger partial charge in [0, 0.05) is 0 Å². The van der Waals surface area contributed by atoms with Gasteiger partial charge in [0.2, 0.25) is 0 Å². The number of benzene rings is 15. The minimum atomic E-state index is 1.18. The van der Waals surface area contributed by atoms with Gasteiger partial charge in [-0.2, -0.15) is 0 Å². The largest absolute Gasteiger partial charge is 0.0622 e. The highest BCUT2D eigenvalue weighted by molar-refractivity contribution is 6.29. The highest BCUT2D eigenvalue weighted by Crippen LogP contribution is 2.51. The maximum absolute atomic E-state index is 2.56. The fourth-order valence-electron chi connectivity index (χ4n) is 12.5. The zero-order valence-corrected chi connectivity index (χ0v) is 41.7. The molecule has 76 heavy (non-hydrogen) atoms. The molecule has 0 N–H and O–H groups in total. The highest BCUT2D eigenvalue weighted by atomic mass is 14.3. The van der Waals surface area contributed by atoms with E-state index in [1.807, 2.05) is 0 Å². The summed E-state index contributed by atoms with van der Waals surface area (Å²) < 4.78 is 0. The van der Waals surface area contributed by atoms with E-state index in [0.29, 0.717) is 0 Å². The average Bonchev–Trinajstić information content (AvgIpc) is 3.59. The van der Waals surface area contributed by atoms with Crippen LogP contribution in [0.25, 0.3) is 153 Å². The Morgan fingerprint density at radius 1 is 0.132 bits per heavy atom. The maximum atomic E-state index is 2.56. The molecule has 0 atom stereocenters. The van der Waals surface area contributed by atoms with E-state index in [0.717, 1.165) is 0 Å². The van der Waals surface area contributed by atoms with E-state index in [1.54, 1.807) is 0 Å². The third-order valence-corrected chi connectivity index (χ3v) is 16.0. The molecule has 0 aliphatic carbocycles. The Balaban J connectivity index is 1.08. The molecule has 0 saturated carbocycles. The van der Waals surface area contributed by atoms with Gasteiger partial charge in [-0.25, -0.2) is 0 Å². The number of fused-ring (bicyclic) bond motifs is 8. The molecule has 0 spiro atoms. The Morgan fingerprint density at radius 3 is 1.13 bits per heavy atom. The first-order valence-corrected chi connectivity index (χ1v) is 26.4. The quantitative estimate of drug-likeness (QED) is 0.110. The average molecular weight is 961 g/mol. The summed E-state index contributed by atoms with van der Waals surface area (Å²) in [6.45, 7) is 0. The monoisotopic (exact) mass is 960 g/mol. The molecule has 0 aliphatic rings. The van der Waals surface area contributed by atoms with Crippen LogP contribution in [0.2, 0.25) is 0 Å². The summed E-state index contributed by atoms with van der Waals surface area (Å²) in [5.41, 5.74) is 17.0. The van der Waals surface area contributed by atoms with E-state index in [9.17, 15) is 0 Å². The van der Waals surface area contributed by atoms with Crippen molar-refractivity contribution in [2.75, 3.05) is 0 Å². The fraction of sp³-hybridized carbons (Fsp3) is 0. The second-order valence-electron chi connectivity index (χ2n) is 20.3. The molecular formula is C76H48. The molecule has 15 aromatic carbocycles. The Bertz CT molecular complexity index is 4750. The molecule has 0 saturated heterocycles. The van der Waals surface area contributed by atoms with Crippen molar-refractivity contribution in [1.82, 2.24) is 0 Å². The van der Waals surface area contributed by atoms with Crippen molar-refractivity contribution in [2.45, 2.75) is 0 Å². The molecule has 0 nitrogen and oxygen atoms in total. The third-order valence-electron chi connectivity index (χ3n) is 16.0. The van der Waals surface area contributed by atoms with E-state index < -0.39 is 0 Å². The minimum absolute atomic E-state index is 1.18. The first-order chi connectivity index (χ1) is 37.7. The topological polar surface area (TPSA) is 0 Å². The van der Waals surface area contributed by atoms with E-state index in [2.05, 4.69) is 291 Å². The molecule has 0 fully saturated rings. The van der Waals surface area contributed by atoms with Crippen LogP contribution in [0.3, 0.4) is 0 Å². The van der Waals surface area contributed by atoms with Gasteiger partial charge in [0.25, 0.3) is 0 Å². The minimum Gasteiger partial charge on any atom is -0.0622 e. The molecule has 0 aromatic heterocycles. The molecule has 352 valence electrons. The van der Waals surface area contributed by atoms with Crippen molar-refractivity contribution in [2.24, 2.45) is 0 Å². The van der Waals surface area contributed by atoms with Crippen LogP contribution in [0.5, 0.6) is 0 Å². The lowest BCUT2D eigenvalue weighted by atomic mass is 9.80. The fourth-order valence-corrected chi connectivity index (χ4v) is 12.5. The lowest BCUT2D eigenvalue weighted by molar-refractivity contribution is 1.62. The van der Waals surface area contributed by atoms with Crippen molar-refractivity contribution in [1.29, 1.82) is 0 Å². The normalized spacial score (nSPS) is 11.7. The summed E-state index contributed by atoms with van der Waals surface area (Å²) in [7, 11) is 0. The predicted molar refractivity (Wildman–Crippen MR) is 327 cm³/mol. The van der Waals surface area contributed by atoms with Crippen LogP contribution in [0.4, 0.5) is 0 Å². The van der Waals surface area contributed by atoms with Crippen LogP contribution < -0.4 is 0 Å². The van der Waals surface area contributed by atoms with Crippen LogP contribution in [0.1, 0.15) is 0 Å². The molecule has 0 amide bonds. The smallest absolute Gasteiger partial charge is 0.00201 e. The van der Waals surface area contributed by atoms with Gasteiger partial charge in [0.15, 0.2) is 0 Å². The van der Waals surface area contributed by atoms with Crippen molar-refractivity contribution < 1.29 is 0 Å². The molecule has 0 unspecified atom stereocenters. The lowest BCUT2D eigenvalue weighted by Crippen LogP contribution is -1.95. The van der Waals surface area contributed by atoms with Gasteiger partial charge in [-0.05, 0) is 178 Å². The van der Waals surface area contributed by atoms with Gasteiger partial charge in [0.05, 0.1) is 0 Å². The summed E-state index contributed by atoms with van der Waals surface area (Å²) >= 11 is 0. The molecule has 0 radical (unpaired) electrons. The van der Waals surface area contributed by atoms with Crippen LogP contribution in [0.15, 0.2) is 291 Å². The molecule has 0 aliphatic heterocycles. The van der Waals surface area contributed by atoms with E-state index in [-0.39, 0.29) is 0 Å². The van der Waals surface area contributed by atoms with Gasteiger partial charge < -0.3 is 0 Å². The number of hydrogen-bond acceptors (Lipinski definition) is 0. The molecule has 0 heterocycles. The van der Waals surface area contributed by atoms with Crippen LogP contribution in [-0.2, 0) is 0 Å². The summed E-state index contributed by atoms with van der Waals surface area (Å²) in [5, 5.41) is 17.3. The van der Waals surface area contributed by atoms with Gasteiger partial charge in [-0.15, -0.1) is 0 Å². The third kappa shape index (κ3) is 7.22. The van der Waals surface area contributed by atoms with Gasteiger partial charge in [-0.1, -0.05) is 267 Å². The Morgan fingerprint density at radius 2 is 0.513 bits per heavy atom. The molecule has 15 aromatic rings. The van der Waals surface area contributed by atoms with Gasteiger partial charge in [-0.3, -0.25) is 0 Å². The predicted octanol–water partition coefficient (Wildman–Crippen LogP) is 21.4. The van der Waals surface area contributed by atoms with E-state index in [4.69, 9.17) is 0 Å². The zero-order valence-electron chi connectivity index (χ0n) is 41.7. The number of hydrogen-bond donors (Lipinski definition) is 0. The molecular weight excluding hydrogens is 913 g/mol. The highest BCUT2D eigenvalue weighted by Gasteiger charge is 2.24. The molecule has 15 rings (SSSR count).